The van der Waals surface area contributed by atoms with Gasteiger partial charge in [0, 0.05) is 28.2 Å². The molecule has 4 atom stereocenters. The van der Waals surface area contributed by atoms with E-state index in [-0.39, 0.29) is 50.8 Å². The van der Waals surface area contributed by atoms with Crippen LogP contribution in [0.3, 0.4) is 0 Å². The Morgan fingerprint density at radius 1 is 1.03 bits per heavy atom. The number of nitrogens with zero attached hydrogens (tertiary/aromatic N) is 1. The fourth-order valence-corrected chi connectivity index (χ4v) is 7.14. The number of rotatable bonds is 3. The molecule has 10 heteroatoms. The molecular formula is C29H20BrCl2NO6. The lowest BCUT2D eigenvalue weighted by Crippen LogP contribution is -2.39. The number of fused-ring (bicyclic) bond motifs is 3. The molecule has 1 fully saturated rings. The molecule has 39 heavy (non-hydrogen) atoms. The van der Waals surface area contributed by atoms with Crippen LogP contribution < -0.4 is 9.64 Å². The molecule has 1 aliphatic heterocycles. The summed E-state index contributed by atoms with van der Waals surface area (Å²) in [7, 11) is 1.39. The lowest BCUT2D eigenvalue weighted by Gasteiger charge is -2.42. The van der Waals surface area contributed by atoms with Crippen molar-refractivity contribution in [2.75, 3.05) is 12.0 Å². The van der Waals surface area contributed by atoms with E-state index in [0.29, 0.717) is 33.8 Å². The van der Waals surface area contributed by atoms with Gasteiger partial charge in [-0.15, -0.1) is 0 Å². The fourth-order valence-electron chi connectivity index (χ4n) is 6.35. The Hall–Kier alpha value is -3.20. The van der Waals surface area contributed by atoms with Crippen LogP contribution in [-0.2, 0) is 19.2 Å². The molecule has 7 nitrogen and oxygen atoms in total. The van der Waals surface area contributed by atoms with Crippen LogP contribution >= 0.6 is 39.1 Å². The van der Waals surface area contributed by atoms with E-state index in [2.05, 4.69) is 15.9 Å². The molecule has 4 aliphatic rings. The first-order valence-electron chi connectivity index (χ1n) is 12.2. The highest BCUT2D eigenvalue weighted by Gasteiger charge is 2.56. The summed E-state index contributed by atoms with van der Waals surface area (Å²) in [4.78, 5) is 55.3. The number of hydrogen-bond donors (Lipinski definition) is 1. The molecule has 198 valence electrons. The van der Waals surface area contributed by atoms with E-state index in [4.69, 9.17) is 27.9 Å². The van der Waals surface area contributed by atoms with Gasteiger partial charge in [0.25, 0.3) is 0 Å². The van der Waals surface area contributed by atoms with Crippen molar-refractivity contribution in [3.8, 4) is 11.5 Å². The van der Waals surface area contributed by atoms with Crippen molar-refractivity contribution in [1.82, 2.24) is 0 Å². The van der Waals surface area contributed by atoms with Crippen molar-refractivity contribution in [2.45, 2.75) is 18.8 Å². The van der Waals surface area contributed by atoms with E-state index in [1.54, 1.807) is 30.3 Å². The number of amides is 2. The number of anilines is 1. The maximum atomic E-state index is 13.9. The smallest absolute Gasteiger partial charge is 0.238 e. The van der Waals surface area contributed by atoms with Gasteiger partial charge in [-0.2, -0.15) is 0 Å². The molecule has 1 N–H and O–H groups in total. The Balaban J connectivity index is 1.51. The third kappa shape index (κ3) is 3.91. The van der Waals surface area contributed by atoms with Crippen LogP contribution in [0, 0.1) is 17.8 Å². The number of halogens is 3. The number of methoxy groups -OCH3 is 1. The van der Waals surface area contributed by atoms with Crippen LogP contribution in [0.4, 0.5) is 5.69 Å². The zero-order valence-electron chi connectivity index (χ0n) is 20.4. The highest BCUT2D eigenvalue weighted by atomic mass is 79.9. The minimum Gasteiger partial charge on any atom is -0.503 e. The minimum atomic E-state index is -0.716. The van der Waals surface area contributed by atoms with Crippen LogP contribution in [0.25, 0.3) is 0 Å². The average molecular weight is 629 g/mol. The summed E-state index contributed by atoms with van der Waals surface area (Å²) in [5, 5.41) is 10.8. The number of carbonyl (C=O) groups excluding carboxylic acids is 4. The number of benzene rings is 2. The van der Waals surface area contributed by atoms with Gasteiger partial charge in [-0.3, -0.25) is 24.1 Å². The molecule has 1 heterocycles. The van der Waals surface area contributed by atoms with Gasteiger partial charge in [0.05, 0.1) is 34.1 Å². The first-order valence-corrected chi connectivity index (χ1v) is 13.8. The Labute approximate surface area is 241 Å². The number of carbonyl (C=O) groups is 4. The Kier molecular flexibility index (Phi) is 6.32. The Bertz CT molecular complexity index is 1590. The van der Waals surface area contributed by atoms with E-state index in [1.165, 1.54) is 24.2 Å². The number of ether oxygens (including phenoxy) is 1. The highest BCUT2D eigenvalue weighted by molar-refractivity contribution is 9.12. The summed E-state index contributed by atoms with van der Waals surface area (Å²) in [6.45, 7) is 0. The number of phenolic OH excluding ortho intramolecular Hbond substituents is 1. The quantitative estimate of drug-likeness (QED) is 0.267. The van der Waals surface area contributed by atoms with Gasteiger partial charge in [-0.1, -0.05) is 34.9 Å². The molecule has 2 amide bonds. The molecular weight excluding hydrogens is 609 g/mol. The number of allylic oxidation sites excluding steroid dienone is 6. The van der Waals surface area contributed by atoms with Crippen LogP contribution in [0.2, 0.25) is 10.0 Å². The lowest BCUT2D eigenvalue weighted by molar-refractivity contribution is -0.123. The molecule has 2 aromatic carbocycles. The average Bonchev–Trinajstić information content (AvgIpc) is 3.18. The summed E-state index contributed by atoms with van der Waals surface area (Å²) < 4.78 is 5.45. The minimum absolute atomic E-state index is 0.0234. The van der Waals surface area contributed by atoms with Gasteiger partial charge in [0.2, 0.25) is 11.8 Å². The molecule has 3 aliphatic carbocycles. The Morgan fingerprint density at radius 2 is 1.74 bits per heavy atom. The topological polar surface area (TPSA) is 101 Å². The summed E-state index contributed by atoms with van der Waals surface area (Å²) in [6, 6.07) is 9.62. The van der Waals surface area contributed by atoms with Gasteiger partial charge < -0.3 is 9.84 Å². The largest absolute Gasteiger partial charge is 0.503 e. The van der Waals surface area contributed by atoms with Gasteiger partial charge in [0.15, 0.2) is 23.1 Å². The number of imide groups is 1. The van der Waals surface area contributed by atoms with Gasteiger partial charge in [-0.25, -0.2) is 0 Å². The SMILES string of the molecule is COc1cc([C@H]2C3=CC[C@@H]4C(=O)N(c5ccc(Cl)cc5)C(=O)[C@@H]4[C@@H]3CC3=C2C(=O)C=C(Br)C3=O)cc(Cl)c1O. The van der Waals surface area contributed by atoms with E-state index in [0.717, 1.165) is 5.57 Å². The van der Waals surface area contributed by atoms with Crippen molar-refractivity contribution in [3.63, 3.8) is 0 Å². The third-order valence-electron chi connectivity index (χ3n) is 8.02. The molecule has 0 saturated carbocycles. The predicted octanol–water partition coefficient (Wildman–Crippen LogP) is 5.67. The molecule has 2 aromatic rings. The predicted molar refractivity (Wildman–Crippen MR) is 148 cm³/mol. The molecule has 0 spiro atoms. The van der Waals surface area contributed by atoms with Crippen LogP contribution in [0.1, 0.15) is 24.3 Å². The molecule has 0 aromatic heterocycles. The molecule has 6 rings (SSSR count). The highest BCUT2D eigenvalue weighted by Crippen LogP contribution is 2.56. The zero-order chi connectivity index (χ0) is 27.7. The third-order valence-corrected chi connectivity index (χ3v) is 9.15. The number of hydrogen-bond acceptors (Lipinski definition) is 6. The summed E-state index contributed by atoms with van der Waals surface area (Å²) >= 11 is 15.6. The number of ketones is 2. The maximum absolute atomic E-state index is 13.9. The van der Waals surface area contributed by atoms with Crippen molar-refractivity contribution >= 4 is 68.2 Å². The van der Waals surface area contributed by atoms with Gasteiger partial charge in [0.1, 0.15) is 0 Å². The monoisotopic (exact) mass is 627 g/mol. The number of phenols is 1. The van der Waals surface area contributed by atoms with E-state index < -0.39 is 23.7 Å². The summed E-state index contributed by atoms with van der Waals surface area (Å²) in [5.41, 5.74) is 2.35. The number of Topliss-reactive ketones (excluding diaryl/α,β-unsaturated/α-hetero) is 1. The van der Waals surface area contributed by atoms with E-state index in [1.807, 2.05) is 6.08 Å². The van der Waals surface area contributed by atoms with E-state index >= 15 is 0 Å². The van der Waals surface area contributed by atoms with Crippen molar-refractivity contribution in [1.29, 1.82) is 0 Å². The first-order chi connectivity index (χ1) is 18.6. The second-order valence-corrected chi connectivity index (χ2v) is 11.6. The lowest BCUT2D eigenvalue weighted by atomic mass is 9.59. The Morgan fingerprint density at radius 3 is 2.44 bits per heavy atom. The van der Waals surface area contributed by atoms with Crippen LogP contribution in [0.15, 0.2) is 69.8 Å². The second kappa shape index (κ2) is 9.47. The maximum Gasteiger partial charge on any atom is 0.238 e. The van der Waals surface area contributed by atoms with Crippen molar-refractivity contribution < 1.29 is 29.0 Å². The molecule has 0 unspecified atom stereocenters. The standard InChI is InChI=1S/C29H20BrCl2NO6/c1-39-22-9-12(8-20(32)27(22)36)23-15-6-7-16-24(17(15)10-18-25(23)21(34)11-19(30)26(18)35)29(38)33(28(16)37)14-4-2-13(31)3-5-14/h2-6,8-9,11,16-17,23-24,36H,7,10H2,1H3/t16-,17+,23-,24-/m0/s1. The summed E-state index contributed by atoms with van der Waals surface area (Å²) in [6.07, 6.45) is 3.61. The summed E-state index contributed by atoms with van der Waals surface area (Å²) in [5.74, 6) is -3.99. The van der Waals surface area contributed by atoms with Gasteiger partial charge in [-0.05, 0) is 76.7 Å². The molecule has 0 radical (unpaired) electrons. The van der Waals surface area contributed by atoms with Crippen molar-refractivity contribution in [2.24, 2.45) is 17.8 Å². The first kappa shape index (κ1) is 26.0. The molecule has 1 saturated heterocycles. The van der Waals surface area contributed by atoms with Crippen LogP contribution in [-0.4, -0.2) is 35.6 Å². The fraction of sp³-hybridized carbons (Fsp3) is 0.241. The molecule has 0 bridgehead atoms. The van der Waals surface area contributed by atoms with Gasteiger partial charge >= 0.3 is 0 Å². The zero-order valence-corrected chi connectivity index (χ0v) is 23.5. The van der Waals surface area contributed by atoms with E-state index in [9.17, 15) is 24.3 Å². The normalized spacial score (nSPS) is 26.2. The number of aromatic hydroxyl groups is 1. The van der Waals surface area contributed by atoms with Crippen LogP contribution in [0.5, 0.6) is 11.5 Å². The second-order valence-electron chi connectivity index (χ2n) is 9.94. The van der Waals surface area contributed by atoms with Crippen molar-refractivity contribution in [3.05, 3.63) is 85.4 Å².